The summed E-state index contributed by atoms with van der Waals surface area (Å²) in [6, 6.07) is 13.3. The van der Waals surface area contributed by atoms with Gasteiger partial charge in [0.05, 0.1) is 6.26 Å². The summed E-state index contributed by atoms with van der Waals surface area (Å²) < 4.78 is 29.7. The Labute approximate surface area is 126 Å². The summed E-state index contributed by atoms with van der Waals surface area (Å²) in [6.45, 7) is 0. The van der Waals surface area contributed by atoms with Gasteiger partial charge >= 0.3 is 0 Å². The number of aromatic hydroxyl groups is 1. The maximum Gasteiger partial charge on any atom is 0.261 e. The molecule has 7 nitrogen and oxygen atoms in total. The first kappa shape index (κ1) is 19.6. The van der Waals surface area contributed by atoms with E-state index in [1.807, 2.05) is 36.4 Å². The molecule has 0 heterocycles. The van der Waals surface area contributed by atoms with E-state index < -0.39 is 10.1 Å². The topological polar surface area (TPSA) is 113 Å². The molecular weight excluding hydrogens is 320 g/mol. The Kier molecular flexibility index (Phi) is 9.71. The van der Waals surface area contributed by atoms with Crippen molar-refractivity contribution in [2.45, 2.75) is 0 Å². The zero-order valence-electron chi connectivity index (χ0n) is 11.3. The lowest BCUT2D eigenvalue weighted by Crippen LogP contribution is -1.88. The summed E-state index contributed by atoms with van der Waals surface area (Å²) >= 11 is 0.929. The van der Waals surface area contributed by atoms with Gasteiger partial charge in [0.2, 0.25) is 0 Å². The number of hydrogen-bond donors (Lipinski definition) is 3. The SMILES string of the molecule is CS(=O)(=O)O.CSOOO.Oc1cccc2ccccc12. The monoisotopic (exact) mass is 336 g/mol. The Hall–Kier alpha value is -1.36. The highest BCUT2D eigenvalue weighted by Gasteiger charge is 1.94. The number of rotatable bonds is 2. The quantitative estimate of drug-likeness (QED) is 0.332. The van der Waals surface area contributed by atoms with E-state index in [1.165, 1.54) is 0 Å². The molecule has 0 aliphatic carbocycles. The molecule has 0 spiro atoms. The summed E-state index contributed by atoms with van der Waals surface area (Å²) in [6.07, 6.45) is 2.34. The average Bonchev–Trinajstić information content (AvgIpc) is 2.39. The summed E-state index contributed by atoms with van der Waals surface area (Å²) in [5, 5.41) is 21.8. The standard InChI is InChI=1S/C10H8O.2CH4O3S/c11-10-7-3-5-8-4-1-2-6-9(8)10;1-5(2,3)4;1-5-4-3-2/h1-7,11H;1H3,(H,2,3,4);2H,1H3. The minimum Gasteiger partial charge on any atom is -0.507 e. The molecule has 0 saturated carbocycles. The first-order chi connectivity index (χ1) is 9.79. The van der Waals surface area contributed by atoms with Crippen LogP contribution in [0, 0.1) is 0 Å². The van der Waals surface area contributed by atoms with Crippen molar-refractivity contribution in [2.24, 2.45) is 0 Å². The molecule has 2 rings (SSSR count). The molecule has 9 heteroatoms. The second-order valence-electron chi connectivity index (χ2n) is 3.54. The zero-order valence-corrected chi connectivity index (χ0v) is 13.0. The molecule has 2 aromatic rings. The van der Waals surface area contributed by atoms with Crippen LogP contribution in [0.15, 0.2) is 42.5 Å². The molecule has 0 bridgehead atoms. The first-order valence-corrected chi connectivity index (χ1v) is 8.39. The minimum absolute atomic E-state index is 0.350. The van der Waals surface area contributed by atoms with E-state index in [-0.39, 0.29) is 0 Å². The van der Waals surface area contributed by atoms with E-state index in [4.69, 9.17) is 9.81 Å². The summed E-state index contributed by atoms with van der Waals surface area (Å²) in [4.78, 5) is 0. The van der Waals surface area contributed by atoms with Gasteiger partial charge in [-0.15, -0.1) is 4.33 Å². The van der Waals surface area contributed by atoms with Crippen LogP contribution in [0.25, 0.3) is 10.8 Å². The van der Waals surface area contributed by atoms with Gasteiger partial charge in [0.25, 0.3) is 10.1 Å². The molecule has 2 aromatic carbocycles. The molecule has 0 radical (unpaired) electrons. The number of benzene rings is 2. The molecule has 21 heavy (non-hydrogen) atoms. The van der Waals surface area contributed by atoms with Crippen LogP contribution in [0.1, 0.15) is 0 Å². The largest absolute Gasteiger partial charge is 0.507 e. The number of phenols is 1. The lowest BCUT2D eigenvalue weighted by Gasteiger charge is -1.97. The predicted molar refractivity (Wildman–Crippen MR) is 81.4 cm³/mol. The molecule has 0 aliphatic heterocycles. The van der Waals surface area contributed by atoms with Gasteiger partial charge in [0.1, 0.15) is 5.75 Å². The van der Waals surface area contributed by atoms with Crippen LogP contribution in [-0.4, -0.2) is 35.8 Å². The third-order valence-corrected chi connectivity index (χ3v) is 2.06. The maximum atomic E-state index is 9.37. The van der Waals surface area contributed by atoms with Crippen molar-refractivity contribution in [3.63, 3.8) is 0 Å². The second kappa shape index (κ2) is 10.4. The van der Waals surface area contributed by atoms with Gasteiger partial charge in [0, 0.05) is 23.7 Å². The van der Waals surface area contributed by atoms with Crippen LogP contribution in [0.3, 0.4) is 0 Å². The Morgan fingerprint density at radius 1 is 1.10 bits per heavy atom. The van der Waals surface area contributed by atoms with Gasteiger partial charge in [-0.3, -0.25) is 4.55 Å². The maximum absolute atomic E-state index is 9.37. The van der Waals surface area contributed by atoms with Crippen molar-refractivity contribution in [3.05, 3.63) is 42.5 Å². The summed E-state index contributed by atoms with van der Waals surface area (Å²) in [7, 11) is -3.67. The van der Waals surface area contributed by atoms with Crippen LogP contribution in [0.4, 0.5) is 0 Å². The molecule has 0 atom stereocenters. The fraction of sp³-hybridized carbons (Fsp3) is 0.167. The van der Waals surface area contributed by atoms with E-state index in [1.54, 1.807) is 12.3 Å². The molecular formula is C12H16O7S2. The van der Waals surface area contributed by atoms with Crippen molar-refractivity contribution in [1.82, 2.24) is 0 Å². The normalized spacial score (nSPS) is 10.1. The highest BCUT2D eigenvalue weighted by atomic mass is 32.2. The molecule has 0 fully saturated rings. The highest BCUT2D eigenvalue weighted by molar-refractivity contribution is 7.93. The van der Waals surface area contributed by atoms with Crippen LogP contribution >= 0.6 is 12.0 Å². The number of hydrogen-bond acceptors (Lipinski definition) is 7. The fourth-order valence-electron chi connectivity index (χ4n) is 1.24. The van der Waals surface area contributed by atoms with Crippen LogP contribution in [-0.2, 0) is 19.5 Å². The van der Waals surface area contributed by atoms with E-state index in [0.717, 1.165) is 22.8 Å². The molecule has 3 N–H and O–H groups in total. The van der Waals surface area contributed by atoms with Gasteiger partial charge in [-0.1, -0.05) is 41.4 Å². The van der Waals surface area contributed by atoms with E-state index in [9.17, 15) is 13.5 Å². The molecule has 0 aliphatic rings. The van der Waals surface area contributed by atoms with Gasteiger partial charge < -0.3 is 5.11 Å². The second-order valence-corrected chi connectivity index (χ2v) is 5.48. The predicted octanol–water partition coefficient (Wildman–Crippen LogP) is 2.74. The van der Waals surface area contributed by atoms with E-state index in [0.29, 0.717) is 12.0 Å². The van der Waals surface area contributed by atoms with Crippen LogP contribution < -0.4 is 0 Å². The molecule has 0 aromatic heterocycles. The fourth-order valence-corrected chi connectivity index (χ4v) is 1.30. The Bertz CT molecular complexity index is 613. The minimum atomic E-state index is -3.67. The number of fused-ring (bicyclic) bond motifs is 1. The highest BCUT2D eigenvalue weighted by Crippen LogP contribution is 2.22. The first-order valence-electron chi connectivity index (χ1n) is 5.39. The van der Waals surface area contributed by atoms with Gasteiger partial charge in [0.15, 0.2) is 0 Å². The van der Waals surface area contributed by atoms with Crippen molar-refractivity contribution in [1.29, 1.82) is 0 Å². The van der Waals surface area contributed by atoms with Crippen LogP contribution in [0.5, 0.6) is 5.75 Å². The lowest BCUT2D eigenvalue weighted by atomic mass is 10.1. The molecule has 118 valence electrons. The lowest BCUT2D eigenvalue weighted by molar-refractivity contribution is -0.432. The van der Waals surface area contributed by atoms with Gasteiger partial charge in [-0.25, -0.2) is 5.26 Å². The van der Waals surface area contributed by atoms with Gasteiger partial charge in [-0.05, 0) is 11.5 Å². The average molecular weight is 336 g/mol. The molecule has 0 saturated heterocycles. The third kappa shape index (κ3) is 11.0. The Morgan fingerprint density at radius 2 is 1.62 bits per heavy atom. The number of phenolic OH excluding ortho intramolecular Hbond substituents is 1. The van der Waals surface area contributed by atoms with E-state index >= 15 is 0 Å². The smallest absolute Gasteiger partial charge is 0.261 e. The van der Waals surface area contributed by atoms with E-state index in [2.05, 4.69) is 9.37 Å². The van der Waals surface area contributed by atoms with Crippen molar-refractivity contribution in [3.8, 4) is 5.75 Å². The Morgan fingerprint density at radius 3 is 2.05 bits per heavy atom. The van der Waals surface area contributed by atoms with Crippen molar-refractivity contribution >= 4 is 32.9 Å². The molecule has 0 unspecified atom stereocenters. The summed E-state index contributed by atoms with van der Waals surface area (Å²) in [5.41, 5.74) is 0. The van der Waals surface area contributed by atoms with Crippen molar-refractivity contribution < 1.29 is 32.7 Å². The molecule has 0 amide bonds. The van der Waals surface area contributed by atoms with Crippen molar-refractivity contribution in [2.75, 3.05) is 12.5 Å². The van der Waals surface area contributed by atoms with Gasteiger partial charge in [-0.2, -0.15) is 8.42 Å². The third-order valence-electron chi connectivity index (χ3n) is 1.87. The van der Waals surface area contributed by atoms with Crippen LogP contribution in [0.2, 0.25) is 0 Å². The zero-order chi connectivity index (χ0) is 16.3. The Balaban J connectivity index is 0.000000340. The summed E-state index contributed by atoms with van der Waals surface area (Å²) in [5.74, 6) is 0.350.